The van der Waals surface area contributed by atoms with Crippen molar-refractivity contribution in [1.29, 1.82) is 0 Å². The lowest BCUT2D eigenvalue weighted by atomic mass is 10.2. The second-order valence-corrected chi connectivity index (χ2v) is 5.19. The lowest BCUT2D eigenvalue weighted by molar-refractivity contribution is 0.348. The van der Waals surface area contributed by atoms with E-state index in [1.807, 2.05) is 18.0 Å². The summed E-state index contributed by atoms with van der Waals surface area (Å²) < 4.78 is 0. The SMILES string of the molecule is CCCNc1ccc(CN(C)CCSC)cn1. The Bertz CT molecular complexity index is 300. The monoisotopic (exact) mass is 253 g/mol. The third kappa shape index (κ3) is 5.94. The van der Waals surface area contributed by atoms with E-state index in [1.54, 1.807) is 0 Å². The smallest absolute Gasteiger partial charge is 0.125 e. The van der Waals surface area contributed by atoms with Gasteiger partial charge >= 0.3 is 0 Å². The molecule has 0 aliphatic heterocycles. The number of nitrogens with one attached hydrogen (secondary N) is 1. The van der Waals surface area contributed by atoms with Crippen LogP contribution in [0.5, 0.6) is 0 Å². The summed E-state index contributed by atoms with van der Waals surface area (Å²) in [5.41, 5.74) is 1.27. The summed E-state index contributed by atoms with van der Waals surface area (Å²) in [6.07, 6.45) is 5.23. The van der Waals surface area contributed by atoms with Gasteiger partial charge in [-0.3, -0.25) is 0 Å². The molecule has 0 aromatic carbocycles. The van der Waals surface area contributed by atoms with Gasteiger partial charge in [0.25, 0.3) is 0 Å². The lowest BCUT2D eigenvalue weighted by Crippen LogP contribution is -2.20. The van der Waals surface area contributed by atoms with E-state index in [0.29, 0.717) is 0 Å². The van der Waals surface area contributed by atoms with Gasteiger partial charge in [-0.15, -0.1) is 0 Å². The van der Waals surface area contributed by atoms with Gasteiger partial charge in [0, 0.05) is 31.6 Å². The number of hydrogen-bond acceptors (Lipinski definition) is 4. The maximum absolute atomic E-state index is 4.41. The van der Waals surface area contributed by atoms with E-state index in [1.165, 1.54) is 11.3 Å². The molecule has 3 nitrogen and oxygen atoms in total. The summed E-state index contributed by atoms with van der Waals surface area (Å²) in [5, 5.41) is 3.28. The molecule has 1 aromatic rings. The highest BCUT2D eigenvalue weighted by molar-refractivity contribution is 7.98. The fourth-order valence-electron chi connectivity index (χ4n) is 1.51. The minimum atomic E-state index is 0.974. The molecule has 0 amide bonds. The van der Waals surface area contributed by atoms with E-state index >= 15 is 0 Å². The van der Waals surface area contributed by atoms with Crippen molar-refractivity contribution >= 4 is 17.6 Å². The number of anilines is 1. The van der Waals surface area contributed by atoms with E-state index in [4.69, 9.17) is 0 Å². The summed E-state index contributed by atoms with van der Waals surface area (Å²) in [6.45, 7) is 5.24. The highest BCUT2D eigenvalue weighted by Crippen LogP contribution is 2.07. The minimum Gasteiger partial charge on any atom is -0.370 e. The fraction of sp³-hybridized carbons (Fsp3) is 0.615. The molecule has 0 aliphatic carbocycles. The van der Waals surface area contributed by atoms with Crippen molar-refractivity contribution in [2.45, 2.75) is 19.9 Å². The first-order chi connectivity index (χ1) is 8.26. The zero-order valence-electron chi connectivity index (χ0n) is 11.1. The van der Waals surface area contributed by atoms with Gasteiger partial charge in [-0.1, -0.05) is 13.0 Å². The van der Waals surface area contributed by atoms with Crippen LogP contribution >= 0.6 is 11.8 Å². The summed E-state index contributed by atoms with van der Waals surface area (Å²) >= 11 is 1.88. The number of hydrogen-bond donors (Lipinski definition) is 1. The van der Waals surface area contributed by atoms with Gasteiger partial charge in [0.15, 0.2) is 0 Å². The largest absolute Gasteiger partial charge is 0.370 e. The van der Waals surface area contributed by atoms with Gasteiger partial charge in [0.05, 0.1) is 0 Å². The Kier molecular flexibility index (Phi) is 7.05. The molecule has 1 heterocycles. The van der Waals surface area contributed by atoms with Crippen LogP contribution < -0.4 is 5.32 Å². The highest BCUT2D eigenvalue weighted by Gasteiger charge is 2.00. The fourth-order valence-corrected chi connectivity index (χ4v) is 2.01. The van der Waals surface area contributed by atoms with E-state index in [2.05, 4.69) is 47.6 Å². The molecule has 96 valence electrons. The van der Waals surface area contributed by atoms with Gasteiger partial charge in [-0.05, 0) is 31.4 Å². The van der Waals surface area contributed by atoms with Crippen LogP contribution in [-0.4, -0.2) is 42.0 Å². The summed E-state index contributed by atoms with van der Waals surface area (Å²) in [6, 6.07) is 4.22. The van der Waals surface area contributed by atoms with Gasteiger partial charge in [0.1, 0.15) is 5.82 Å². The van der Waals surface area contributed by atoms with Gasteiger partial charge < -0.3 is 10.2 Å². The van der Waals surface area contributed by atoms with Crippen molar-refractivity contribution in [3.63, 3.8) is 0 Å². The number of aromatic nitrogens is 1. The molecular formula is C13H23N3S. The van der Waals surface area contributed by atoms with Crippen LogP contribution in [0.15, 0.2) is 18.3 Å². The number of rotatable bonds is 8. The molecule has 17 heavy (non-hydrogen) atoms. The Hall–Kier alpha value is -0.740. The van der Waals surface area contributed by atoms with Crippen LogP contribution in [-0.2, 0) is 6.54 Å². The Labute approximate surface area is 109 Å². The Morgan fingerprint density at radius 1 is 1.41 bits per heavy atom. The number of nitrogens with zero attached hydrogens (tertiary/aromatic N) is 2. The van der Waals surface area contributed by atoms with E-state index in [9.17, 15) is 0 Å². The van der Waals surface area contributed by atoms with Crippen LogP contribution in [0.2, 0.25) is 0 Å². The van der Waals surface area contributed by atoms with Crippen LogP contribution in [0.3, 0.4) is 0 Å². The summed E-state index contributed by atoms with van der Waals surface area (Å²) in [4.78, 5) is 6.73. The minimum absolute atomic E-state index is 0.974. The van der Waals surface area contributed by atoms with Gasteiger partial charge in [0.2, 0.25) is 0 Å². The normalized spacial score (nSPS) is 10.8. The quantitative estimate of drug-likeness (QED) is 0.771. The second-order valence-electron chi connectivity index (χ2n) is 4.21. The molecule has 0 bridgehead atoms. The van der Waals surface area contributed by atoms with Crippen molar-refractivity contribution < 1.29 is 0 Å². The predicted octanol–water partition coefficient (Wildman–Crippen LogP) is 2.70. The zero-order valence-corrected chi connectivity index (χ0v) is 11.9. The van der Waals surface area contributed by atoms with Crippen molar-refractivity contribution in [1.82, 2.24) is 9.88 Å². The lowest BCUT2D eigenvalue weighted by Gasteiger charge is -2.15. The molecule has 1 N–H and O–H groups in total. The number of pyridine rings is 1. The highest BCUT2D eigenvalue weighted by atomic mass is 32.2. The Balaban J connectivity index is 2.39. The van der Waals surface area contributed by atoms with Crippen LogP contribution in [0.1, 0.15) is 18.9 Å². The Morgan fingerprint density at radius 3 is 2.82 bits per heavy atom. The predicted molar refractivity (Wildman–Crippen MR) is 77.7 cm³/mol. The second kappa shape index (κ2) is 8.37. The van der Waals surface area contributed by atoms with Crippen LogP contribution in [0, 0.1) is 0 Å². The molecule has 0 unspecified atom stereocenters. The molecule has 0 saturated carbocycles. The topological polar surface area (TPSA) is 28.2 Å². The first kappa shape index (κ1) is 14.3. The third-order valence-electron chi connectivity index (χ3n) is 2.51. The molecule has 0 radical (unpaired) electrons. The first-order valence-electron chi connectivity index (χ1n) is 6.12. The van der Waals surface area contributed by atoms with Gasteiger partial charge in [-0.2, -0.15) is 11.8 Å². The van der Waals surface area contributed by atoms with E-state index in [-0.39, 0.29) is 0 Å². The third-order valence-corrected chi connectivity index (χ3v) is 3.10. The van der Waals surface area contributed by atoms with Gasteiger partial charge in [-0.25, -0.2) is 4.98 Å². The summed E-state index contributed by atoms with van der Waals surface area (Å²) in [7, 11) is 2.15. The van der Waals surface area contributed by atoms with E-state index in [0.717, 1.165) is 31.9 Å². The molecule has 0 saturated heterocycles. The molecule has 0 atom stereocenters. The molecule has 1 rings (SSSR count). The maximum Gasteiger partial charge on any atom is 0.125 e. The molecule has 0 aliphatic rings. The Morgan fingerprint density at radius 2 is 2.24 bits per heavy atom. The molecule has 0 spiro atoms. The average Bonchev–Trinajstić information content (AvgIpc) is 2.35. The molecule has 4 heteroatoms. The van der Waals surface area contributed by atoms with Crippen LogP contribution in [0.4, 0.5) is 5.82 Å². The first-order valence-corrected chi connectivity index (χ1v) is 7.52. The molecule has 1 aromatic heterocycles. The van der Waals surface area contributed by atoms with Crippen molar-refractivity contribution in [2.75, 3.05) is 37.5 Å². The number of thioether (sulfide) groups is 1. The standard InChI is InChI=1S/C13H23N3S/c1-4-7-14-13-6-5-12(10-15-13)11-16(2)8-9-17-3/h5-6,10H,4,7-9,11H2,1-3H3,(H,14,15). The van der Waals surface area contributed by atoms with Crippen molar-refractivity contribution in [3.8, 4) is 0 Å². The zero-order chi connectivity index (χ0) is 12.5. The average molecular weight is 253 g/mol. The van der Waals surface area contributed by atoms with E-state index < -0.39 is 0 Å². The van der Waals surface area contributed by atoms with Crippen molar-refractivity contribution in [2.24, 2.45) is 0 Å². The maximum atomic E-state index is 4.41. The van der Waals surface area contributed by atoms with Crippen LogP contribution in [0.25, 0.3) is 0 Å². The van der Waals surface area contributed by atoms with Crippen molar-refractivity contribution in [3.05, 3.63) is 23.9 Å². The molecule has 0 fully saturated rings. The summed E-state index contributed by atoms with van der Waals surface area (Å²) in [5.74, 6) is 2.16. The molecular weight excluding hydrogens is 230 g/mol.